The third kappa shape index (κ3) is 4.38. The first-order chi connectivity index (χ1) is 14.6. The summed E-state index contributed by atoms with van der Waals surface area (Å²) in [5.74, 6) is 0.125. The highest BCUT2D eigenvalue weighted by molar-refractivity contribution is 5.96. The van der Waals surface area contributed by atoms with E-state index in [9.17, 15) is 9.59 Å². The summed E-state index contributed by atoms with van der Waals surface area (Å²) in [6.45, 7) is 8.71. The Morgan fingerprint density at radius 1 is 0.700 bits per heavy atom. The summed E-state index contributed by atoms with van der Waals surface area (Å²) >= 11 is 0. The third-order valence-corrected chi connectivity index (χ3v) is 5.75. The summed E-state index contributed by atoms with van der Waals surface area (Å²) in [4.78, 5) is 29.4. The maximum Gasteiger partial charge on any atom is 0.254 e. The zero-order valence-electron chi connectivity index (χ0n) is 17.3. The van der Waals surface area contributed by atoms with Crippen LogP contribution in [0.5, 0.6) is 0 Å². The van der Waals surface area contributed by atoms with E-state index in [-0.39, 0.29) is 11.8 Å². The van der Waals surface area contributed by atoms with E-state index in [4.69, 9.17) is 0 Å². The van der Waals surface area contributed by atoms with Gasteiger partial charge in [-0.15, -0.1) is 13.2 Å². The molecule has 4 nitrogen and oxygen atoms in total. The Bertz CT molecular complexity index is 859. The summed E-state index contributed by atoms with van der Waals surface area (Å²) < 4.78 is 0. The van der Waals surface area contributed by atoms with Gasteiger partial charge in [-0.3, -0.25) is 9.59 Å². The van der Waals surface area contributed by atoms with E-state index < -0.39 is 0 Å². The predicted molar refractivity (Wildman–Crippen MR) is 120 cm³/mol. The lowest BCUT2D eigenvalue weighted by Crippen LogP contribution is -2.33. The SMILES string of the molecule is C=CCN(C(=O)c1ccc(-c2ccc(C(=O)N(CC=C)C3CC3)cc2)cc1)C1CC1. The normalized spacial score (nSPS) is 15.3. The number of amides is 2. The minimum absolute atomic E-state index is 0.0623. The van der Waals surface area contributed by atoms with Crippen LogP contribution < -0.4 is 0 Å². The number of rotatable bonds is 9. The zero-order valence-corrected chi connectivity index (χ0v) is 17.3. The predicted octanol–water partition coefficient (Wildman–Crippen LogP) is 4.93. The Balaban J connectivity index is 1.46. The minimum Gasteiger partial charge on any atom is -0.332 e. The summed E-state index contributed by atoms with van der Waals surface area (Å²) in [6, 6.07) is 16.1. The van der Waals surface area contributed by atoms with Gasteiger partial charge >= 0.3 is 0 Å². The smallest absolute Gasteiger partial charge is 0.254 e. The molecule has 30 heavy (non-hydrogen) atoms. The van der Waals surface area contributed by atoms with Gasteiger partial charge in [0.05, 0.1) is 0 Å². The van der Waals surface area contributed by atoms with Gasteiger partial charge in [-0.25, -0.2) is 0 Å². The van der Waals surface area contributed by atoms with E-state index in [0.29, 0.717) is 36.3 Å². The van der Waals surface area contributed by atoms with Crippen LogP contribution in [-0.2, 0) is 0 Å². The number of carbonyl (C=O) groups excluding carboxylic acids is 2. The largest absolute Gasteiger partial charge is 0.332 e. The molecule has 4 heteroatoms. The molecule has 2 aliphatic rings. The number of hydrogen-bond acceptors (Lipinski definition) is 2. The average molecular weight is 401 g/mol. The number of carbonyl (C=O) groups is 2. The standard InChI is InChI=1S/C26H28N2O2/c1-3-17-27(23-13-14-23)25(29)21-9-5-19(6-10-21)20-7-11-22(12-8-20)26(30)28(18-4-2)24-15-16-24/h3-12,23-24H,1-2,13-18H2. The molecule has 2 aromatic rings. The lowest BCUT2D eigenvalue weighted by atomic mass is 10.0. The van der Waals surface area contributed by atoms with Crippen molar-refractivity contribution >= 4 is 11.8 Å². The van der Waals surface area contributed by atoms with Crippen molar-refractivity contribution in [3.8, 4) is 11.1 Å². The highest BCUT2D eigenvalue weighted by Gasteiger charge is 2.33. The molecule has 2 fully saturated rings. The van der Waals surface area contributed by atoms with Crippen LogP contribution in [0, 0.1) is 0 Å². The summed E-state index contributed by atoms with van der Waals surface area (Å²) in [7, 11) is 0. The first kappa shape index (κ1) is 20.1. The molecule has 2 amide bonds. The second-order valence-corrected chi connectivity index (χ2v) is 8.11. The van der Waals surface area contributed by atoms with Gasteiger partial charge in [-0.05, 0) is 61.1 Å². The van der Waals surface area contributed by atoms with Gasteiger partial charge in [0.15, 0.2) is 0 Å². The van der Waals surface area contributed by atoms with Crippen molar-refractivity contribution in [3.63, 3.8) is 0 Å². The molecule has 0 atom stereocenters. The lowest BCUT2D eigenvalue weighted by Gasteiger charge is -2.21. The number of benzene rings is 2. The van der Waals surface area contributed by atoms with E-state index in [2.05, 4.69) is 13.2 Å². The highest BCUT2D eigenvalue weighted by atomic mass is 16.2. The van der Waals surface area contributed by atoms with Gasteiger partial charge in [0, 0.05) is 36.3 Å². The van der Waals surface area contributed by atoms with E-state index in [1.807, 2.05) is 58.3 Å². The van der Waals surface area contributed by atoms with Gasteiger partial charge in [0.25, 0.3) is 11.8 Å². The Hall–Kier alpha value is -3.14. The van der Waals surface area contributed by atoms with Crippen LogP contribution in [0.15, 0.2) is 73.8 Å². The van der Waals surface area contributed by atoms with E-state index in [1.165, 1.54) is 0 Å². The van der Waals surface area contributed by atoms with Crippen molar-refractivity contribution in [2.75, 3.05) is 13.1 Å². The lowest BCUT2D eigenvalue weighted by molar-refractivity contribution is 0.0754. The van der Waals surface area contributed by atoms with Crippen LogP contribution in [-0.4, -0.2) is 46.8 Å². The average Bonchev–Trinajstić information content (AvgIpc) is 3.69. The van der Waals surface area contributed by atoms with Crippen LogP contribution in [0.1, 0.15) is 46.4 Å². The third-order valence-electron chi connectivity index (χ3n) is 5.75. The summed E-state index contributed by atoms with van der Waals surface area (Å²) in [5.41, 5.74) is 3.45. The molecule has 0 radical (unpaired) electrons. The monoisotopic (exact) mass is 400 g/mol. The summed E-state index contributed by atoms with van der Waals surface area (Å²) in [5, 5.41) is 0. The molecule has 0 bridgehead atoms. The summed E-state index contributed by atoms with van der Waals surface area (Å²) in [6.07, 6.45) is 7.88. The molecular weight excluding hydrogens is 372 g/mol. The van der Waals surface area contributed by atoms with Crippen molar-refractivity contribution in [2.45, 2.75) is 37.8 Å². The van der Waals surface area contributed by atoms with Crippen LogP contribution in [0.25, 0.3) is 11.1 Å². The fourth-order valence-corrected chi connectivity index (χ4v) is 3.79. The van der Waals surface area contributed by atoms with E-state index in [1.54, 1.807) is 12.2 Å². The first-order valence-corrected chi connectivity index (χ1v) is 10.7. The van der Waals surface area contributed by atoms with Gasteiger partial charge in [-0.2, -0.15) is 0 Å². The van der Waals surface area contributed by atoms with Crippen LogP contribution in [0.2, 0.25) is 0 Å². The minimum atomic E-state index is 0.0623. The maximum atomic E-state index is 12.8. The second kappa shape index (κ2) is 8.70. The van der Waals surface area contributed by atoms with Crippen LogP contribution in [0.3, 0.4) is 0 Å². The fraction of sp³-hybridized carbons (Fsp3) is 0.308. The Labute approximate surface area is 178 Å². The van der Waals surface area contributed by atoms with Crippen LogP contribution >= 0.6 is 0 Å². The van der Waals surface area contributed by atoms with E-state index >= 15 is 0 Å². The van der Waals surface area contributed by atoms with Gasteiger partial charge < -0.3 is 9.80 Å². The van der Waals surface area contributed by atoms with Gasteiger partial charge in [0.2, 0.25) is 0 Å². The molecule has 0 aromatic heterocycles. The molecule has 0 unspecified atom stereocenters. The zero-order chi connectivity index (χ0) is 21.1. The van der Waals surface area contributed by atoms with Crippen molar-refractivity contribution < 1.29 is 9.59 Å². The molecule has 0 saturated heterocycles. The second-order valence-electron chi connectivity index (χ2n) is 8.11. The Morgan fingerprint density at radius 3 is 1.30 bits per heavy atom. The van der Waals surface area contributed by atoms with Gasteiger partial charge in [0.1, 0.15) is 0 Å². The molecule has 0 spiro atoms. The van der Waals surface area contributed by atoms with Crippen LogP contribution in [0.4, 0.5) is 0 Å². The molecule has 154 valence electrons. The molecule has 0 aliphatic heterocycles. The molecule has 0 N–H and O–H groups in total. The Morgan fingerprint density at radius 2 is 1.03 bits per heavy atom. The van der Waals surface area contributed by atoms with Crippen molar-refractivity contribution in [2.24, 2.45) is 0 Å². The molecule has 0 heterocycles. The molecule has 2 aromatic carbocycles. The quantitative estimate of drug-likeness (QED) is 0.560. The molecular formula is C26H28N2O2. The fourth-order valence-electron chi connectivity index (χ4n) is 3.79. The molecule has 2 aliphatic carbocycles. The van der Waals surface area contributed by atoms with Crippen molar-refractivity contribution in [1.82, 2.24) is 9.80 Å². The first-order valence-electron chi connectivity index (χ1n) is 10.7. The molecule has 2 saturated carbocycles. The Kier molecular flexibility index (Phi) is 5.84. The topological polar surface area (TPSA) is 40.6 Å². The number of hydrogen-bond donors (Lipinski definition) is 0. The highest BCUT2D eigenvalue weighted by Crippen LogP contribution is 2.30. The van der Waals surface area contributed by atoms with Crippen molar-refractivity contribution in [3.05, 3.63) is 85.0 Å². The molecule has 4 rings (SSSR count). The van der Waals surface area contributed by atoms with Gasteiger partial charge in [-0.1, -0.05) is 36.4 Å². The number of nitrogens with zero attached hydrogens (tertiary/aromatic N) is 2. The van der Waals surface area contributed by atoms with E-state index in [0.717, 1.165) is 36.8 Å². The maximum absolute atomic E-state index is 12.8. The van der Waals surface area contributed by atoms with Crippen molar-refractivity contribution in [1.29, 1.82) is 0 Å².